The number of carbonyl (C=O) groups excluding carboxylic acids is 2. The molecule has 0 saturated carbocycles. The molecule has 2 N–H and O–H groups in total. The zero-order valence-corrected chi connectivity index (χ0v) is 17.7. The van der Waals surface area contributed by atoms with E-state index in [4.69, 9.17) is 14.9 Å². The molecule has 2 amide bonds. The van der Waals surface area contributed by atoms with Gasteiger partial charge in [0.15, 0.2) is 0 Å². The molecule has 9 nitrogen and oxygen atoms in total. The lowest BCUT2D eigenvalue weighted by Crippen LogP contribution is -2.41. The highest BCUT2D eigenvalue weighted by atomic mass is 32.2. The first-order valence-electron chi connectivity index (χ1n) is 9.51. The minimum atomic E-state index is -3.63. The smallest absolute Gasteiger partial charge is 0.275 e. The summed E-state index contributed by atoms with van der Waals surface area (Å²) in [6, 6.07) is 9.61. The molecule has 0 unspecified atom stereocenters. The molecule has 0 spiro atoms. The van der Waals surface area contributed by atoms with Crippen LogP contribution in [0.2, 0.25) is 0 Å². The summed E-state index contributed by atoms with van der Waals surface area (Å²) in [7, 11) is -0.775. The van der Waals surface area contributed by atoms with Crippen LogP contribution >= 0.6 is 0 Å². The molecule has 1 aliphatic rings. The summed E-state index contributed by atoms with van der Waals surface area (Å²) in [4.78, 5) is 25.6. The Kier molecular flexibility index (Phi) is 6.47. The summed E-state index contributed by atoms with van der Waals surface area (Å²) in [5, 5.41) is -0.146. The van der Waals surface area contributed by atoms with E-state index in [1.807, 2.05) is 0 Å². The number of primary amides is 1. The van der Waals surface area contributed by atoms with E-state index >= 15 is 0 Å². The first-order chi connectivity index (χ1) is 14.2. The number of nitrogens with zero attached hydrogens (tertiary/aromatic N) is 2. The molecule has 2 heterocycles. The van der Waals surface area contributed by atoms with Gasteiger partial charge in [-0.25, -0.2) is 12.7 Å². The number of ether oxygens (including phenoxy) is 1. The number of furan rings is 1. The van der Waals surface area contributed by atoms with E-state index in [0.717, 1.165) is 4.31 Å². The van der Waals surface area contributed by atoms with Gasteiger partial charge in [0.25, 0.3) is 15.9 Å². The third kappa shape index (κ3) is 4.82. The minimum Gasteiger partial charge on any atom is -0.486 e. The molecular weight excluding hydrogens is 410 g/mol. The van der Waals surface area contributed by atoms with Crippen LogP contribution in [0.3, 0.4) is 0 Å². The Hall–Kier alpha value is -2.85. The van der Waals surface area contributed by atoms with Crippen molar-refractivity contribution in [2.24, 2.45) is 11.7 Å². The van der Waals surface area contributed by atoms with E-state index in [9.17, 15) is 18.0 Å². The fourth-order valence-corrected chi connectivity index (χ4v) is 3.96. The Morgan fingerprint density at radius 1 is 1.13 bits per heavy atom. The molecule has 0 atom stereocenters. The molecule has 3 rings (SSSR count). The maximum absolute atomic E-state index is 12.6. The molecule has 1 saturated heterocycles. The fourth-order valence-electron chi connectivity index (χ4n) is 3.15. The largest absolute Gasteiger partial charge is 0.486 e. The Morgan fingerprint density at radius 2 is 1.77 bits per heavy atom. The first-order valence-corrected chi connectivity index (χ1v) is 10.9. The molecule has 1 aliphatic heterocycles. The highest BCUT2D eigenvalue weighted by Gasteiger charge is 2.26. The van der Waals surface area contributed by atoms with Crippen molar-refractivity contribution in [1.82, 2.24) is 9.21 Å². The summed E-state index contributed by atoms with van der Waals surface area (Å²) < 4.78 is 36.1. The first kappa shape index (κ1) is 21.8. The quantitative estimate of drug-likeness (QED) is 0.702. The number of piperidine rings is 1. The van der Waals surface area contributed by atoms with Crippen molar-refractivity contribution in [3.63, 3.8) is 0 Å². The van der Waals surface area contributed by atoms with Crippen LogP contribution in [0, 0.1) is 5.92 Å². The topological polar surface area (TPSA) is 123 Å². The molecule has 1 aromatic heterocycles. The molecule has 2 aromatic rings. The van der Waals surface area contributed by atoms with E-state index in [2.05, 4.69) is 0 Å². The minimum absolute atomic E-state index is 0.0525. The van der Waals surface area contributed by atoms with Gasteiger partial charge in [-0.2, -0.15) is 0 Å². The van der Waals surface area contributed by atoms with Crippen LogP contribution in [-0.4, -0.2) is 56.6 Å². The van der Waals surface area contributed by atoms with E-state index in [-0.39, 0.29) is 29.4 Å². The second kappa shape index (κ2) is 8.88. The van der Waals surface area contributed by atoms with E-state index in [1.165, 1.54) is 20.2 Å². The number of nitrogens with two attached hydrogens (primary N) is 1. The molecule has 0 bridgehead atoms. The molecule has 0 aliphatic carbocycles. The molecule has 162 valence electrons. The van der Waals surface area contributed by atoms with Crippen molar-refractivity contribution >= 4 is 21.8 Å². The summed E-state index contributed by atoms with van der Waals surface area (Å²) in [5.74, 6) is 0.306. The third-order valence-electron chi connectivity index (χ3n) is 5.04. The third-order valence-corrected chi connectivity index (χ3v) is 6.73. The van der Waals surface area contributed by atoms with Gasteiger partial charge in [-0.15, -0.1) is 0 Å². The van der Waals surface area contributed by atoms with Gasteiger partial charge < -0.3 is 19.8 Å². The highest BCUT2D eigenvalue weighted by molar-refractivity contribution is 7.88. The van der Waals surface area contributed by atoms with Crippen molar-refractivity contribution in [2.45, 2.75) is 24.5 Å². The van der Waals surface area contributed by atoms with Crippen molar-refractivity contribution in [3.05, 3.63) is 47.7 Å². The zero-order valence-electron chi connectivity index (χ0n) is 16.9. The molecule has 10 heteroatoms. The second-order valence-corrected chi connectivity index (χ2v) is 9.37. The number of amides is 2. The van der Waals surface area contributed by atoms with E-state index in [0.29, 0.717) is 43.0 Å². The fraction of sp³-hybridized carbons (Fsp3) is 0.400. The second-order valence-electron chi connectivity index (χ2n) is 7.29. The summed E-state index contributed by atoms with van der Waals surface area (Å²) in [6.45, 7) is 1.06. The van der Waals surface area contributed by atoms with Gasteiger partial charge in [-0.3, -0.25) is 9.59 Å². The van der Waals surface area contributed by atoms with Crippen molar-refractivity contribution < 1.29 is 27.2 Å². The number of benzene rings is 1. The van der Waals surface area contributed by atoms with Gasteiger partial charge in [-0.1, -0.05) is 0 Å². The van der Waals surface area contributed by atoms with Crippen LogP contribution in [0.15, 0.2) is 45.9 Å². The average Bonchev–Trinajstić information content (AvgIpc) is 3.22. The maximum atomic E-state index is 12.6. The lowest BCUT2D eigenvalue weighted by atomic mass is 9.96. The van der Waals surface area contributed by atoms with Gasteiger partial charge in [0, 0.05) is 38.7 Å². The number of hydrogen-bond acceptors (Lipinski definition) is 6. The number of carbonyl (C=O) groups is 2. The number of sulfonamides is 1. The summed E-state index contributed by atoms with van der Waals surface area (Å²) in [5.41, 5.74) is 5.85. The molecule has 1 aromatic carbocycles. The van der Waals surface area contributed by atoms with Gasteiger partial charge in [0.2, 0.25) is 11.0 Å². The van der Waals surface area contributed by atoms with Crippen molar-refractivity contribution in [3.8, 4) is 5.75 Å². The van der Waals surface area contributed by atoms with Gasteiger partial charge in [0.1, 0.15) is 18.1 Å². The normalized spacial score (nSPS) is 15.4. The van der Waals surface area contributed by atoms with Crippen LogP contribution in [-0.2, 0) is 21.4 Å². The Balaban J connectivity index is 1.56. The van der Waals surface area contributed by atoms with Crippen molar-refractivity contribution in [1.29, 1.82) is 0 Å². The molecular formula is C20H25N3O6S. The Bertz CT molecular complexity index is 1010. The highest BCUT2D eigenvalue weighted by Crippen LogP contribution is 2.22. The van der Waals surface area contributed by atoms with E-state index in [1.54, 1.807) is 35.2 Å². The van der Waals surface area contributed by atoms with Gasteiger partial charge in [-0.05, 0) is 49.2 Å². The maximum Gasteiger partial charge on any atom is 0.275 e. The van der Waals surface area contributed by atoms with Gasteiger partial charge >= 0.3 is 0 Å². The lowest BCUT2D eigenvalue weighted by molar-refractivity contribution is -0.123. The van der Waals surface area contributed by atoms with Crippen LogP contribution < -0.4 is 10.5 Å². The monoisotopic (exact) mass is 435 g/mol. The van der Waals surface area contributed by atoms with Crippen LogP contribution in [0.4, 0.5) is 0 Å². The lowest BCUT2D eigenvalue weighted by Gasteiger charge is -2.30. The standard InChI is InChI=1S/C20H25N3O6S/c1-22(2)30(26,27)18-8-7-17(29-18)13-28-16-5-3-15(4-6-16)20(25)23-11-9-14(10-12-23)19(21)24/h3-8,14H,9-13H2,1-2H3,(H2,21,24). The molecule has 30 heavy (non-hydrogen) atoms. The van der Waals surface area contributed by atoms with Crippen LogP contribution in [0.1, 0.15) is 29.0 Å². The Morgan fingerprint density at radius 3 is 2.33 bits per heavy atom. The van der Waals surface area contributed by atoms with E-state index < -0.39 is 10.0 Å². The van der Waals surface area contributed by atoms with Crippen LogP contribution in [0.5, 0.6) is 5.75 Å². The number of likely N-dealkylation sites (tertiary alicyclic amines) is 1. The predicted octanol–water partition coefficient (Wildman–Crippen LogP) is 1.45. The predicted molar refractivity (Wildman–Crippen MR) is 108 cm³/mol. The van der Waals surface area contributed by atoms with Crippen molar-refractivity contribution in [2.75, 3.05) is 27.2 Å². The SMILES string of the molecule is CN(C)S(=O)(=O)c1ccc(COc2ccc(C(=O)N3CCC(C(N)=O)CC3)cc2)o1. The zero-order chi connectivity index (χ0) is 21.9. The summed E-state index contributed by atoms with van der Waals surface area (Å²) >= 11 is 0. The number of hydrogen-bond donors (Lipinski definition) is 1. The van der Waals surface area contributed by atoms with Gasteiger partial charge in [0.05, 0.1) is 0 Å². The van der Waals surface area contributed by atoms with Crippen LogP contribution in [0.25, 0.3) is 0 Å². The molecule has 0 radical (unpaired) electrons. The Labute approximate surface area is 175 Å². The molecule has 1 fully saturated rings. The summed E-state index contributed by atoms with van der Waals surface area (Å²) in [6.07, 6.45) is 1.16. The average molecular weight is 436 g/mol. The number of rotatable bonds is 7.